The molecule has 1 aromatic carbocycles. The molecule has 0 radical (unpaired) electrons. The first kappa shape index (κ1) is 14.6. The Labute approximate surface area is 123 Å². The van der Waals surface area contributed by atoms with Crippen LogP contribution in [0.4, 0.5) is 0 Å². The Morgan fingerprint density at radius 1 is 1.38 bits per heavy atom. The summed E-state index contributed by atoms with van der Waals surface area (Å²) in [6.07, 6.45) is 10.5. The second-order valence-corrected chi connectivity index (χ2v) is 4.31. The van der Waals surface area contributed by atoms with Gasteiger partial charge in [-0.25, -0.2) is 9.78 Å². The SMILES string of the molecule is C/C=C(\N)C(=O)OCC=Cc1ccc(-n2ccnc2)cc1. The topological polar surface area (TPSA) is 70.1 Å². The number of hydrogen-bond acceptors (Lipinski definition) is 4. The summed E-state index contributed by atoms with van der Waals surface area (Å²) in [5, 5.41) is 0. The third-order valence-electron chi connectivity index (χ3n) is 2.86. The summed E-state index contributed by atoms with van der Waals surface area (Å²) in [4.78, 5) is 15.3. The molecule has 0 aliphatic rings. The molecule has 0 saturated carbocycles. The highest BCUT2D eigenvalue weighted by atomic mass is 16.5. The maximum Gasteiger partial charge on any atom is 0.354 e. The fourth-order valence-corrected chi connectivity index (χ4v) is 1.68. The van der Waals surface area contributed by atoms with Crippen LogP contribution in [0.5, 0.6) is 0 Å². The Bertz CT molecular complexity index is 641. The van der Waals surface area contributed by atoms with Gasteiger partial charge in [-0.3, -0.25) is 0 Å². The van der Waals surface area contributed by atoms with Crippen molar-refractivity contribution in [3.63, 3.8) is 0 Å². The molecule has 0 amide bonds. The van der Waals surface area contributed by atoms with Gasteiger partial charge in [0.05, 0.1) is 6.33 Å². The third-order valence-corrected chi connectivity index (χ3v) is 2.86. The second-order valence-electron chi connectivity index (χ2n) is 4.31. The smallest absolute Gasteiger partial charge is 0.354 e. The number of benzene rings is 1. The quantitative estimate of drug-likeness (QED) is 0.675. The maximum absolute atomic E-state index is 11.3. The highest BCUT2D eigenvalue weighted by molar-refractivity contribution is 5.87. The zero-order valence-corrected chi connectivity index (χ0v) is 11.8. The zero-order chi connectivity index (χ0) is 15.1. The van der Waals surface area contributed by atoms with Crippen molar-refractivity contribution < 1.29 is 9.53 Å². The number of ether oxygens (including phenoxy) is 1. The van der Waals surface area contributed by atoms with Crippen molar-refractivity contribution in [2.24, 2.45) is 5.73 Å². The lowest BCUT2D eigenvalue weighted by atomic mass is 10.2. The molecule has 0 saturated heterocycles. The number of rotatable bonds is 5. The van der Waals surface area contributed by atoms with Gasteiger partial charge >= 0.3 is 5.97 Å². The van der Waals surface area contributed by atoms with Crippen molar-refractivity contribution in [3.05, 3.63) is 66.4 Å². The summed E-state index contributed by atoms with van der Waals surface area (Å²) < 4.78 is 6.89. The van der Waals surface area contributed by atoms with Crippen LogP contribution in [0, 0.1) is 0 Å². The molecule has 1 heterocycles. The molecule has 2 N–H and O–H groups in total. The molecule has 2 aromatic rings. The van der Waals surface area contributed by atoms with Gasteiger partial charge in [0.15, 0.2) is 0 Å². The van der Waals surface area contributed by atoms with E-state index in [0.717, 1.165) is 11.3 Å². The van der Waals surface area contributed by atoms with Crippen molar-refractivity contribution in [2.45, 2.75) is 6.92 Å². The molecule has 5 heteroatoms. The van der Waals surface area contributed by atoms with E-state index >= 15 is 0 Å². The number of hydrogen-bond donors (Lipinski definition) is 1. The Morgan fingerprint density at radius 2 is 2.14 bits per heavy atom. The van der Waals surface area contributed by atoms with Crippen molar-refractivity contribution in [1.29, 1.82) is 0 Å². The average Bonchev–Trinajstić information content (AvgIpc) is 3.05. The minimum Gasteiger partial charge on any atom is -0.457 e. The number of allylic oxidation sites excluding steroid dienone is 1. The fourth-order valence-electron chi connectivity index (χ4n) is 1.68. The highest BCUT2D eigenvalue weighted by Crippen LogP contribution is 2.10. The molecule has 5 nitrogen and oxygen atoms in total. The number of carbonyl (C=O) groups excluding carboxylic acids is 1. The molecule has 2 rings (SSSR count). The fraction of sp³-hybridized carbons (Fsp3) is 0.125. The minimum absolute atomic E-state index is 0.119. The summed E-state index contributed by atoms with van der Waals surface area (Å²) in [6.45, 7) is 1.88. The number of nitrogens with zero attached hydrogens (tertiary/aromatic N) is 2. The van der Waals surface area contributed by atoms with E-state index in [9.17, 15) is 4.79 Å². The first-order valence-electron chi connectivity index (χ1n) is 6.54. The van der Waals surface area contributed by atoms with Crippen molar-refractivity contribution in [3.8, 4) is 5.69 Å². The molecule has 1 aromatic heterocycles. The summed E-state index contributed by atoms with van der Waals surface area (Å²) in [7, 11) is 0. The Kier molecular flexibility index (Phi) is 4.93. The van der Waals surface area contributed by atoms with Crippen LogP contribution in [0.25, 0.3) is 11.8 Å². The van der Waals surface area contributed by atoms with E-state index in [1.165, 1.54) is 6.08 Å². The van der Waals surface area contributed by atoms with E-state index in [-0.39, 0.29) is 12.3 Å². The molecule has 0 fully saturated rings. The first-order valence-corrected chi connectivity index (χ1v) is 6.54. The molecule has 0 aliphatic heterocycles. The van der Waals surface area contributed by atoms with Crippen LogP contribution < -0.4 is 5.73 Å². The summed E-state index contributed by atoms with van der Waals surface area (Å²) in [5.41, 5.74) is 7.61. The minimum atomic E-state index is -0.502. The largest absolute Gasteiger partial charge is 0.457 e. The van der Waals surface area contributed by atoms with Gasteiger partial charge < -0.3 is 15.0 Å². The normalized spacial score (nSPS) is 11.8. The van der Waals surface area contributed by atoms with E-state index in [0.29, 0.717) is 0 Å². The van der Waals surface area contributed by atoms with E-state index in [2.05, 4.69) is 4.98 Å². The second kappa shape index (κ2) is 7.09. The van der Waals surface area contributed by atoms with E-state index in [1.54, 1.807) is 25.5 Å². The van der Waals surface area contributed by atoms with Crippen LogP contribution in [0.2, 0.25) is 0 Å². The predicted octanol–water partition coefficient (Wildman–Crippen LogP) is 2.29. The van der Waals surface area contributed by atoms with Crippen LogP contribution in [0.1, 0.15) is 12.5 Å². The predicted molar refractivity (Wildman–Crippen MR) is 81.5 cm³/mol. The number of esters is 1. The summed E-state index contributed by atoms with van der Waals surface area (Å²) in [5.74, 6) is -0.502. The van der Waals surface area contributed by atoms with Crippen molar-refractivity contribution >= 4 is 12.0 Å². The van der Waals surface area contributed by atoms with Gasteiger partial charge in [0.25, 0.3) is 0 Å². The first-order chi connectivity index (χ1) is 10.2. The van der Waals surface area contributed by atoms with Crippen LogP contribution in [0.3, 0.4) is 0 Å². The number of imidazole rings is 1. The van der Waals surface area contributed by atoms with E-state index in [1.807, 2.05) is 41.1 Å². The molecule has 0 spiro atoms. The van der Waals surface area contributed by atoms with Crippen LogP contribution >= 0.6 is 0 Å². The van der Waals surface area contributed by atoms with Crippen molar-refractivity contribution in [1.82, 2.24) is 9.55 Å². The van der Waals surface area contributed by atoms with E-state index < -0.39 is 5.97 Å². The van der Waals surface area contributed by atoms with E-state index in [4.69, 9.17) is 10.5 Å². The Morgan fingerprint density at radius 3 is 2.76 bits per heavy atom. The molecule has 108 valence electrons. The van der Waals surface area contributed by atoms with Gasteiger partial charge in [-0.2, -0.15) is 0 Å². The number of aromatic nitrogens is 2. The molecule has 0 aliphatic carbocycles. The van der Waals surface area contributed by atoms with Crippen LogP contribution in [-0.4, -0.2) is 22.1 Å². The van der Waals surface area contributed by atoms with Gasteiger partial charge in [0, 0.05) is 18.1 Å². The van der Waals surface area contributed by atoms with Gasteiger partial charge in [0.2, 0.25) is 0 Å². The lowest BCUT2D eigenvalue weighted by molar-refractivity contribution is -0.137. The lowest BCUT2D eigenvalue weighted by Crippen LogP contribution is -2.14. The number of carbonyl (C=O) groups is 1. The zero-order valence-electron chi connectivity index (χ0n) is 11.8. The lowest BCUT2D eigenvalue weighted by Gasteiger charge is -2.02. The summed E-state index contributed by atoms with van der Waals surface area (Å²) in [6, 6.07) is 7.94. The molecular weight excluding hydrogens is 266 g/mol. The van der Waals surface area contributed by atoms with Crippen LogP contribution in [-0.2, 0) is 9.53 Å². The highest BCUT2D eigenvalue weighted by Gasteiger charge is 2.02. The molecule has 0 atom stereocenters. The van der Waals surface area contributed by atoms with Gasteiger partial charge in [-0.15, -0.1) is 0 Å². The van der Waals surface area contributed by atoms with Gasteiger partial charge in [0.1, 0.15) is 12.3 Å². The summed E-state index contributed by atoms with van der Waals surface area (Å²) >= 11 is 0. The van der Waals surface area contributed by atoms with Gasteiger partial charge in [-0.05, 0) is 30.7 Å². The Hall–Kier alpha value is -2.82. The van der Waals surface area contributed by atoms with Crippen LogP contribution in [0.15, 0.2) is 60.8 Å². The average molecular weight is 283 g/mol. The molecule has 0 bridgehead atoms. The maximum atomic E-state index is 11.3. The molecular formula is C16H17N3O2. The number of nitrogens with two attached hydrogens (primary N) is 1. The van der Waals surface area contributed by atoms with Crippen molar-refractivity contribution in [2.75, 3.05) is 6.61 Å². The standard InChI is InChI=1S/C16H17N3O2/c1-2-15(17)16(20)21-11-3-4-13-5-7-14(8-6-13)19-10-9-18-12-19/h2-10,12H,11,17H2,1H3/b4-3?,15-2-. The van der Waals surface area contributed by atoms with Gasteiger partial charge in [-0.1, -0.05) is 24.3 Å². The molecule has 21 heavy (non-hydrogen) atoms. The monoisotopic (exact) mass is 283 g/mol. The third kappa shape index (κ3) is 4.07. The Balaban J connectivity index is 1.89. The molecule has 0 unspecified atom stereocenters.